The van der Waals surface area contributed by atoms with Crippen LogP contribution in [0.5, 0.6) is 11.5 Å². The van der Waals surface area contributed by atoms with E-state index in [0.29, 0.717) is 5.82 Å². The summed E-state index contributed by atoms with van der Waals surface area (Å²) >= 11 is 1.11. The summed E-state index contributed by atoms with van der Waals surface area (Å²) in [7, 11) is 0. The molecule has 0 fully saturated rings. The van der Waals surface area contributed by atoms with Crippen molar-refractivity contribution in [2.24, 2.45) is 0 Å². The van der Waals surface area contributed by atoms with Crippen LogP contribution in [-0.2, 0) is 0 Å². The number of para-hydroxylation sites is 1. The standard InChI is InChI=1S/C14H11N3OS/c15-14-13(16-19-17-14)10-6-8-12(9-7-10)18-11-4-2-1-3-5-11/h1-9H,(H2,15,17). The second-order valence-corrected chi connectivity index (χ2v) is 4.47. The maximum atomic E-state index is 5.74. The fraction of sp³-hybridized carbons (Fsp3) is 0. The molecule has 0 bridgehead atoms. The zero-order valence-electron chi connectivity index (χ0n) is 9.98. The molecule has 0 spiro atoms. The fourth-order valence-electron chi connectivity index (χ4n) is 1.70. The maximum absolute atomic E-state index is 5.74. The Labute approximate surface area is 114 Å². The molecular formula is C14H11N3OS. The van der Waals surface area contributed by atoms with Crippen LogP contribution in [0.1, 0.15) is 0 Å². The molecule has 3 rings (SSSR count). The molecule has 2 aromatic carbocycles. The maximum Gasteiger partial charge on any atom is 0.165 e. The molecule has 0 saturated heterocycles. The van der Waals surface area contributed by atoms with E-state index in [-0.39, 0.29) is 0 Å². The van der Waals surface area contributed by atoms with E-state index in [4.69, 9.17) is 10.5 Å². The number of ether oxygens (including phenoxy) is 1. The van der Waals surface area contributed by atoms with Crippen molar-refractivity contribution in [2.45, 2.75) is 0 Å². The van der Waals surface area contributed by atoms with Gasteiger partial charge in [0.25, 0.3) is 0 Å². The van der Waals surface area contributed by atoms with Crippen molar-refractivity contribution in [1.82, 2.24) is 8.75 Å². The van der Waals surface area contributed by atoms with Gasteiger partial charge < -0.3 is 10.5 Å². The lowest BCUT2D eigenvalue weighted by molar-refractivity contribution is 0.483. The Morgan fingerprint density at radius 2 is 1.53 bits per heavy atom. The summed E-state index contributed by atoms with van der Waals surface area (Å²) in [5.74, 6) is 2.04. The highest BCUT2D eigenvalue weighted by atomic mass is 32.1. The number of nitrogens with zero attached hydrogens (tertiary/aromatic N) is 2. The van der Waals surface area contributed by atoms with E-state index in [9.17, 15) is 0 Å². The first kappa shape index (κ1) is 11.7. The summed E-state index contributed by atoms with van der Waals surface area (Å²) in [6.07, 6.45) is 0. The van der Waals surface area contributed by atoms with E-state index in [2.05, 4.69) is 8.75 Å². The Kier molecular flexibility index (Phi) is 3.12. The average molecular weight is 269 g/mol. The van der Waals surface area contributed by atoms with Crippen molar-refractivity contribution in [3.05, 3.63) is 54.6 Å². The van der Waals surface area contributed by atoms with Crippen LogP contribution in [0.25, 0.3) is 11.3 Å². The van der Waals surface area contributed by atoms with Crippen molar-refractivity contribution in [3.8, 4) is 22.8 Å². The normalized spacial score (nSPS) is 10.3. The van der Waals surface area contributed by atoms with Gasteiger partial charge in [0.1, 0.15) is 17.2 Å². The van der Waals surface area contributed by atoms with Gasteiger partial charge in [-0.2, -0.15) is 8.75 Å². The van der Waals surface area contributed by atoms with Crippen molar-refractivity contribution in [2.75, 3.05) is 5.73 Å². The first-order chi connectivity index (χ1) is 9.33. The molecule has 0 unspecified atom stereocenters. The van der Waals surface area contributed by atoms with E-state index in [1.165, 1.54) is 0 Å². The molecule has 5 heteroatoms. The number of benzene rings is 2. The zero-order chi connectivity index (χ0) is 13.1. The first-order valence-corrected chi connectivity index (χ1v) is 6.47. The number of rotatable bonds is 3. The van der Waals surface area contributed by atoms with Crippen LogP contribution in [0.15, 0.2) is 54.6 Å². The molecule has 1 heterocycles. The number of anilines is 1. The van der Waals surface area contributed by atoms with E-state index in [1.54, 1.807) is 0 Å². The third-order valence-electron chi connectivity index (χ3n) is 2.62. The third kappa shape index (κ3) is 2.56. The molecule has 0 aliphatic rings. The highest BCUT2D eigenvalue weighted by Gasteiger charge is 2.07. The van der Waals surface area contributed by atoms with E-state index in [1.807, 2.05) is 54.6 Å². The smallest absolute Gasteiger partial charge is 0.165 e. The number of aromatic nitrogens is 2. The first-order valence-electron chi connectivity index (χ1n) is 5.74. The molecule has 94 valence electrons. The number of hydrogen-bond acceptors (Lipinski definition) is 5. The summed E-state index contributed by atoms with van der Waals surface area (Å²) in [5, 5.41) is 0. The van der Waals surface area contributed by atoms with Gasteiger partial charge in [-0.3, -0.25) is 0 Å². The van der Waals surface area contributed by atoms with Crippen molar-refractivity contribution in [3.63, 3.8) is 0 Å². The summed E-state index contributed by atoms with van der Waals surface area (Å²) < 4.78 is 13.8. The van der Waals surface area contributed by atoms with Crippen LogP contribution < -0.4 is 10.5 Å². The van der Waals surface area contributed by atoms with Gasteiger partial charge in [-0.1, -0.05) is 18.2 Å². The molecule has 0 saturated carbocycles. The van der Waals surface area contributed by atoms with Gasteiger partial charge in [0.05, 0.1) is 11.7 Å². The van der Waals surface area contributed by atoms with E-state index < -0.39 is 0 Å². The minimum atomic E-state index is 0.460. The Balaban J connectivity index is 1.82. The third-order valence-corrected chi connectivity index (χ3v) is 3.16. The Hall–Kier alpha value is -2.40. The second-order valence-electron chi connectivity index (χ2n) is 3.94. The van der Waals surface area contributed by atoms with Gasteiger partial charge in [-0.05, 0) is 36.4 Å². The molecule has 0 radical (unpaired) electrons. The van der Waals surface area contributed by atoms with Crippen LogP contribution >= 0.6 is 11.7 Å². The highest BCUT2D eigenvalue weighted by Crippen LogP contribution is 2.27. The van der Waals surface area contributed by atoms with Crippen LogP contribution in [0.3, 0.4) is 0 Å². The molecule has 0 aliphatic carbocycles. The number of nitrogens with two attached hydrogens (primary N) is 1. The van der Waals surface area contributed by atoms with Gasteiger partial charge in [0, 0.05) is 5.56 Å². The molecule has 0 amide bonds. The quantitative estimate of drug-likeness (QED) is 0.789. The monoisotopic (exact) mass is 269 g/mol. The predicted molar refractivity (Wildman–Crippen MR) is 76.3 cm³/mol. The van der Waals surface area contributed by atoms with Crippen LogP contribution in [-0.4, -0.2) is 8.75 Å². The molecule has 2 N–H and O–H groups in total. The zero-order valence-corrected chi connectivity index (χ0v) is 10.8. The summed E-state index contributed by atoms with van der Waals surface area (Å²) in [5.41, 5.74) is 7.40. The average Bonchev–Trinajstić information content (AvgIpc) is 2.87. The van der Waals surface area contributed by atoms with Crippen molar-refractivity contribution in [1.29, 1.82) is 0 Å². The highest BCUT2D eigenvalue weighted by molar-refractivity contribution is 6.99. The fourth-order valence-corrected chi connectivity index (χ4v) is 2.20. The molecule has 0 atom stereocenters. The molecule has 0 aliphatic heterocycles. The largest absolute Gasteiger partial charge is 0.457 e. The number of nitrogen functional groups attached to an aromatic ring is 1. The van der Waals surface area contributed by atoms with Gasteiger partial charge in [-0.15, -0.1) is 0 Å². The van der Waals surface area contributed by atoms with Gasteiger partial charge in [0.2, 0.25) is 0 Å². The SMILES string of the molecule is Nc1nsnc1-c1ccc(Oc2ccccc2)cc1. The van der Waals surface area contributed by atoms with Crippen molar-refractivity contribution >= 4 is 17.5 Å². The molecule has 1 aromatic heterocycles. The van der Waals surface area contributed by atoms with Gasteiger partial charge in [-0.25, -0.2) is 0 Å². The summed E-state index contributed by atoms with van der Waals surface area (Å²) in [6, 6.07) is 17.3. The minimum Gasteiger partial charge on any atom is -0.457 e. The van der Waals surface area contributed by atoms with Crippen molar-refractivity contribution < 1.29 is 4.74 Å². The topological polar surface area (TPSA) is 61.0 Å². The Morgan fingerprint density at radius 3 is 2.16 bits per heavy atom. The van der Waals surface area contributed by atoms with E-state index in [0.717, 1.165) is 34.5 Å². The molecule has 19 heavy (non-hydrogen) atoms. The molecular weight excluding hydrogens is 258 g/mol. The minimum absolute atomic E-state index is 0.460. The summed E-state index contributed by atoms with van der Waals surface area (Å²) in [6.45, 7) is 0. The summed E-state index contributed by atoms with van der Waals surface area (Å²) in [4.78, 5) is 0. The molecule has 4 nitrogen and oxygen atoms in total. The van der Waals surface area contributed by atoms with Crippen LogP contribution in [0, 0.1) is 0 Å². The lowest BCUT2D eigenvalue weighted by Gasteiger charge is -2.05. The van der Waals surface area contributed by atoms with Crippen LogP contribution in [0.2, 0.25) is 0 Å². The lowest BCUT2D eigenvalue weighted by Crippen LogP contribution is -1.89. The number of hydrogen-bond donors (Lipinski definition) is 1. The lowest BCUT2D eigenvalue weighted by atomic mass is 10.1. The van der Waals surface area contributed by atoms with E-state index >= 15 is 0 Å². The second kappa shape index (κ2) is 5.07. The van der Waals surface area contributed by atoms with Crippen LogP contribution in [0.4, 0.5) is 5.82 Å². The Bertz CT molecular complexity index is 665. The molecule has 3 aromatic rings. The van der Waals surface area contributed by atoms with Gasteiger partial charge >= 0.3 is 0 Å². The predicted octanol–water partition coefficient (Wildman–Crippen LogP) is 3.58. The van der Waals surface area contributed by atoms with Gasteiger partial charge in [0.15, 0.2) is 5.82 Å². The Morgan fingerprint density at radius 1 is 0.842 bits per heavy atom.